The summed E-state index contributed by atoms with van der Waals surface area (Å²) in [7, 11) is 3.19. The molecule has 0 atom stereocenters. The molecule has 0 radical (unpaired) electrons. The molecule has 2 aromatic carbocycles. The number of amides is 2. The first-order valence-corrected chi connectivity index (χ1v) is 11.5. The van der Waals surface area contributed by atoms with E-state index in [0.29, 0.717) is 0 Å². The monoisotopic (exact) mass is 479 g/mol. The third-order valence-electron chi connectivity index (χ3n) is 5.34. The molecule has 1 aliphatic heterocycles. The van der Waals surface area contributed by atoms with Gasteiger partial charge < -0.3 is 0 Å². The fraction of sp³-hybridized carbons (Fsp3) is 0.0870. The number of carbonyl (C=O) groups is 2. The summed E-state index contributed by atoms with van der Waals surface area (Å²) < 4.78 is 4.43. The van der Waals surface area contributed by atoms with Crippen LogP contribution in [0, 0.1) is 0 Å². The SMILES string of the molecule is CN1C(=O)C(=Cc2ccc(-n3c4ccccc4c4ccccc43)[se]2)C(=O)N(C)C1=S. The van der Waals surface area contributed by atoms with Gasteiger partial charge in [-0.05, 0) is 0 Å². The minimum atomic E-state index is -0.356. The summed E-state index contributed by atoms with van der Waals surface area (Å²) in [4.78, 5) is 27.9. The Balaban J connectivity index is 1.64. The molecule has 0 spiro atoms. The van der Waals surface area contributed by atoms with Crippen molar-refractivity contribution in [3.8, 4) is 4.56 Å². The molecule has 0 unspecified atom stereocenters. The van der Waals surface area contributed by atoms with Gasteiger partial charge in [0.15, 0.2) is 0 Å². The van der Waals surface area contributed by atoms with Gasteiger partial charge in [0, 0.05) is 0 Å². The molecule has 30 heavy (non-hydrogen) atoms. The van der Waals surface area contributed by atoms with E-state index in [0.717, 1.165) is 15.5 Å². The second-order valence-electron chi connectivity index (χ2n) is 7.11. The molecule has 5 rings (SSSR count). The summed E-state index contributed by atoms with van der Waals surface area (Å²) in [5.74, 6) is -0.713. The van der Waals surface area contributed by atoms with E-state index in [2.05, 4.69) is 47.0 Å². The Kier molecular flexibility index (Phi) is 4.47. The number of aromatic nitrogens is 1. The molecule has 5 nitrogen and oxygen atoms in total. The predicted molar refractivity (Wildman–Crippen MR) is 124 cm³/mol. The average Bonchev–Trinajstić information content (AvgIpc) is 3.36. The number of fused-ring (bicyclic) bond motifs is 3. The van der Waals surface area contributed by atoms with Gasteiger partial charge in [0.05, 0.1) is 0 Å². The molecular weight excluding hydrogens is 461 g/mol. The van der Waals surface area contributed by atoms with Crippen molar-refractivity contribution in [2.75, 3.05) is 14.1 Å². The summed E-state index contributed by atoms with van der Waals surface area (Å²) in [6, 6.07) is 20.8. The fourth-order valence-corrected chi connectivity index (χ4v) is 6.04. The Labute approximate surface area is 184 Å². The van der Waals surface area contributed by atoms with E-state index in [9.17, 15) is 9.59 Å². The number of hydrogen-bond donors (Lipinski definition) is 0. The molecule has 4 aromatic rings. The third kappa shape index (κ3) is 2.78. The molecule has 1 saturated heterocycles. The first-order valence-electron chi connectivity index (χ1n) is 9.37. The average molecular weight is 478 g/mol. The molecule has 2 amide bonds. The second-order valence-corrected chi connectivity index (χ2v) is 9.77. The summed E-state index contributed by atoms with van der Waals surface area (Å²) in [5, 5.41) is 2.65. The second kappa shape index (κ2) is 7.06. The predicted octanol–water partition coefficient (Wildman–Crippen LogP) is 3.44. The zero-order valence-corrected chi connectivity index (χ0v) is 18.9. The van der Waals surface area contributed by atoms with Crippen molar-refractivity contribution in [1.82, 2.24) is 14.4 Å². The van der Waals surface area contributed by atoms with Gasteiger partial charge in [0.1, 0.15) is 0 Å². The number of nitrogens with zero attached hydrogens (tertiary/aromatic N) is 3. The maximum absolute atomic E-state index is 12.6. The molecule has 148 valence electrons. The van der Waals surface area contributed by atoms with Crippen LogP contribution in [0.4, 0.5) is 0 Å². The third-order valence-corrected chi connectivity index (χ3v) is 8.03. The van der Waals surface area contributed by atoms with Crippen molar-refractivity contribution < 1.29 is 9.59 Å². The van der Waals surface area contributed by atoms with Crippen LogP contribution in [0.1, 0.15) is 4.44 Å². The molecule has 0 aliphatic carbocycles. The van der Waals surface area contributed by atoms with Gasteiger partial charge in [-0.2, -0.15) is 0 Å². The van der Waals surface area contributed by atoms with Crippen molar-refractivity contribution in [3.05, 3.63) is 70.7 Å². The Morgan fingerprint density at radius 1 is 0.800 bits per heavy atom. The van der Waals surface area contributed by atoms with Gasteiger partial charge in [-0.25, -0.2) is 0 Å². The van der Waals surface area contributed by atoms with Crippen LogP contribution < -0.4 is 0 Å². The topological polar surface area (TPSA) is 45.6 Å². The van der Waals surface area contributed by atoms with Crippen molar-refractivity contribution in [1.29, 1.82) is 0 Å². The Hall–Kier alpha value is -2.99. The number of benzene rings is 2. The summed E-state index contributed by atoms with van der Waals surface area (Å²) in [6.45, 7) is 0. The quantitative estimate of drug-likeness (QED) is 0.192. The molecule has 7 heteroatoms. The fourth-order valence-electron chi connectivity index (χ4n) is 3.82. The number of rotatable bonds is 2. The van der Waals surface area contributed by atoms with Crippen LogP contribution in [0.5, 0.6) is 0 Å². The number of hydrogen-bond acceptors (Lipinski definition) is 3. The first kappa shape index (κ1) is 19.0. The number of thiocarbonyl (C=S) groups is 1. The Morgan fingerprint density at radius 2 is 1.33 bits per heavy atom. The Bertz CT molecular complexity index is 1320. The Morgan fingerprint density at radius 3 is 1.90 bits per heavy atom. The van der Waals surface area contributed by atoms with Gasteiger partial charge in [-0.1, -0.05) is 0 Å². The van der Waals surface area contributed by atoms with Gasteiger partial charge in [-0.3, -0.25) is 0 Å². The van der Waals surface area contributed by atoms with E-state index in [1.807, 2.05) is 18.2 Å². The molecule has 1 aliphatic rings. The van der Waals surface area contributed by atoms with Crippen LogP contribution in [0.2, 0.25) is 0 Å². The number of likely N-dealkylation sites (N-methyl/N-ethyl adjacent to an activating group) is 2. The van der Waals surface area contributed by atoms with E-state index in [1.54, 1.807) is 20.2 Å². The molecule has 1 fully saturated rings. The molecule has 3 heterocycles. The summed E-state index contributed by atoms with van der Waals surface area (Å²) in [6.07, 6.45) is 1.72. The van der Waals surface area contributed by atoms with Crippen LogP contribution in [0.3, 0.4) is 0 Å². The van der Waals surface area contributed by atoms with Crippen molar-refractivity contribution >= 4 is 71.5 Å². The van der Waals surface area contributed by atoms with Crippen LogP contribution in [-0.2, 0) is 9.59 Å². The summed E-state index contributed by atoms with van der Waals surface area (Å²) in [5.41, 5.74) is 2.46. The molecule has 0 saturated carbocycles. The number of carbonyl (C=O) groups excluding carboxylic acids is 2. The summed E-state index contributed by atoms with van der Waals surface area (Å²) >= 11 is 5.11. The maximum atomic E-state index is 12.6. The van der Waals surface area contributed by atoms with Gasteiger partial charge in [0.2, 0.25) is 0 Å². The van der Waals surface area contributed by atoms with E-state index < -0.39 is 0 Å². The molecule has 0 N–H and O–H groups in total. The number of para-hydroxylation sites is 2. The first-order chi connectivity index (χ1) is 14.5. The zero-order valence-electron chi connectivity index (χ0n) is 16.3. The van der Waals surface area contributed by atoms with Crippen LogP contribution in [0.25, 0.3) is 32.4 Å². The van der Waals surface area contributed by atoms with E-state index in [1.165, 1.54) is 25.1 Å². The van der Waals surface area contributed by atoms with Crippen LogP contribution in [0.15, 0.2) is 66.2 Å². The molecule has 0 bridgehead atoms. The van der Waals surface area contributed by atoms with Crippen molar-refractivity contribution in [2.24, 2.45) is 0 Å². The van der Waals surface area contributed by atoms with Gasteiger partial charge in [-0.15, -0.1) is 0 Å². The normalized spacial score (nSPS) is 15.0. The van der Waals surface area contributed by atoms with E-state index >= 15 is 0 Å². The van der Waals surface area contributed by atoms with Crippen molar-refractivity contribution in [3.63, 3.8) is 0 Å². The molecule has 2 aromatic heterocycles. The van der Waals surface area contributed by atoms with Crippen molar-refractivity contribution in [2.45, 2.75) is 0 Å². The minimum absolute atomic E-state index is 0.0484. The van der Waals surface area contributed by atoms with Gasteiger partial charge in [0.25, 0.3) is 0 Å². The standard InChI is InChI=1S/C23H17N3O2SSe/c1-24-21(27)17(22(28)25(2)23(24)29)13-14-11-12-20(30-14)26-18-9-5-3-7-15(18)16-8-4-6-10-19(16)26/h3-13H,1-2H3. The van der Waals surface area contributed by atoms with Gasteiger partial charge >= 0.3 is 185 Å². The van der Waals surface area contributed by atoms with Crippen LogP contribution >= 0.6 is 12.2 Å². The van der Waals surface area contributed by atoms with E-state index in [4.69, 9.17) is 12.2 Å². The van der Waals surface area contributed by atoms with Crippen LogP contribution in [-0.4, -0.2) is 59.9 Å². The molecular formula is C23H17N3O2SSe. The van der Waals surface area contributed by atoms with E-state index in [-0.39, 0.29) is 37.0 Å². The zero-order chi connectivity index (χ0) is 21.0.